The van der Waals surface area contributed by atoms with Crippen LogP contribution in [0.25, 0.3) is 0 Å². The molecule has 0 saturated heterocycles. The largest absolute Gasteiger partial charge is 0.391 e. The van der Waals surface area contributed by atoms with Crippen molar-refractivity contribution in [1.29, 1.82) is 0 Å². The summed E-state index contributed by atoms with van der Waals surface area (Å²) in [6.45, 7) is 0. The fraction of sp³-hybridized carbons (Fsp3) is 0.538. The lowest BCUT2D eigenvalue weighted by Crippen LogP contribution is -2.32. The van der Waals surface area contributed by atoms with Gasteiger partial charge in [-0.3, -0.25) is 10.1 Å². The average molecular weight is 288 g/mol. The van der Waals surface area contributed by atoms with Crippen molar-refractivity contribution in [2.75, 3.05) is 5.32 Å². The first-order valence-corrected chi connectivity index (χ1v) is 6.44. The Hall–Kier alpha value is -1.79. The summed E-state index contributed by atoms with van der Waals surface area (Å²) in [5.41, 5.74) is 0.550. The van der Waals surface area contributed by atoms with E-state index in [4.69, 9.17) is 0 Å². The number of rotatable bonds is 3. The Labute approximate surface area is 114 Å². The van der Waals surface area contributed by atoms with Crippen molar-refractivity contribution < 1.29 is 18.1 Å². The smallest absolute Gasteiger partial charge is 0.382 e. The molecular formula is C13H15F3N2O2. The highest BCUT2D eigenvalue weighted by Crippen LogP contribution is 2.38. The van der Waals surface area contributed by atoms with E-state index in [1.54, 1.807) is 12.1 Å². The number of anilines is 1. The van der Waals surface area contributed by atoms with E-state index in [1.165, 1.54) is 12.1 Å². The summed E-state index contributed by atoms with van der Waals surface area (Å²) in [5, 5.41) is 13.7. The Bertz CT molecular complexity index is 483. The minimum absolute atomic E-state index is 0.0287. The van der Waals surface area contributed by atoms with Gasteiger partial charge in [-0.2, -0.15) is 13.2 Å². The van der Waals surface area contributed by atoms with Crippen LogP contribution in [0.1, 0.15) is 25.7 Å². The van der Waals surface area contributed by atoms with E-state index in [9.17, 15) is 23.3 Å². The van der Waals surface area contributed by atoms with Gasteiger partial charge in [0.05, 0.1) is 10.8 Å². The summed E-state index contributed by atoms with van der Waals surface area (Å²) in [4.78, 5) is 10.2. The van der Waals surface area contributed by atoms with Crippen LogP contribution >= 0.6 is 0 Å². The minimum Gasteiger partial charge on any atom is -0.382 e. The highest BCUT2D eigenvalue weighted by atomic mass is 19.4. The monoisotopic (exact) mass is 288 g/mol. The van der Waals surface area contributed by atoms with Gasteiger partial charge < -0.3 is 5.32 Å². The quantitative estimate of drug-likeness (QED) is 0.672. The predicted octanol–water partition coefficient (Wildman–Crippen LogP) is 4.13. The second kappa shape index (κ2) is 5.68. The molecule has 2 rings (SSSR count). The van der Waals surface area contributed by atoms with Crippen molar-refractivity contribution in [2.24, 2.45) is 5.92 Å². The van der Waals surface area contributed by atoms with E-state index in [-0.39, 0.29) is 24.6 Å². The topological polar surface area (TPSA) is 55.2 Å². The molecule has 0 heterocycles. The van der Waals surface area contributed by atoms with E-state index >= 15 is 0 Å². The van der Waals surface area contributed by atoms with Crippen molar-refractivity contribution >= 4 is 11.4 Å². The maximum absolute atomic E-state index is 12.5. The van der Waals surface area contributed by atoms with Gasteiger partial charge in [-0.15, -0.1) is 0 Å². The lowest BCUT2D eigenvalue weighted by molar-refractivity contribution is -0.384. The highest BCUT2D eigenvalue weighted by molar-refractivity contribution is 5.51. The Balaban J connectivity index is 1.93. The van der Waals surface area contributed by atoms with E-state index in [0.29, 0.717) is 18.5 Å². The average Bonchev–Trinajstić information content (AvgIpc) is 2.38. The molecule has 0 radical (unpaired) electrons. The number of alkyl halides is 3. The van der Waals surface area contributed by atoms with Crippen LogP contribution in [0, 0.1) is 16.0 Å². The zero-order chi connectivity index (χ0) is 14.8. The van der Waals surface area contributed by atoms with Crippen molar-refractivity contribution in [3.05, 3.63) is 34.4 Å². The molecule has 0 amide bonds. The van der Waals surface area contributed by atoms with Gasteiger partial charge in [-0.05, 0) is 31.7 Å². The van der Waals surface area contributed by atoms with E-state index in [1.807, 2.05) is 0 Å². The summed E-state index contributed by atoms with van der Waals surface area (Å²) >= 11 is 0. The molecule has 0 aromatic heterocycles. The molecule has 1 N–H and O–H groups in total. The van der Waals surface area contributed by atoms with Crippen LogP contribution in [0.5, 0.6) is 0 Å². The number of nitrogens with one attached hydrogen (secondary N) is 1. The van der Waals surface area contributed by atoms with Gasteiger partial charge in [0.1, 0.15) is 0 Å². The van der Waals surface area contributed by atoms with Crippen LogP contribution in [0.3, 0.4) is 0 Å². The van der Waals surface area contributed by atoms with Crippen LogP contribution in [0.15, 0.2) is 24.3 Å². The number of non-ortho nitro benzene ring substituents is 1. The molecule has 1 aliphatic rings. The number of nitro benzene ring substituents is 1. The number of benzene rings is 1. The van der Waals surface area contributed by atoms with Gasteiger partial charge in [0, 0.05) is 23.9 Å². The van der Waals surface area contributed by atoms with Gasteiger partial charge in [0.2, 0.25) is 0 Å². The number of hydrogen-bond donors (Lipinski definition) is 1. The summed E-state index contributed by atoms with van der Waals surface area (Å²) in [5.74, 6) is -1.22. The Kier molecular flexibility index (Phi) is 4.15. The predicted molar refractivity (Wildman–Crippen MR) is 68.5 cm³/mol. The highest BCUT2D eigenvalue weighted by Gasteiger charge is 2.41. The van der Waals surface area contributed by atoms with Gasteiger partial charge in [0.15, 0.2) is 0 Å². The third-order valence-electron chi connectivity index (χ3n) is 3.62. The molecule has 4 nitrogen and oxygen atoms in total. The lowest BCUT2D eigenvalue weighted by atomic mass is 9.85. The maximum Gasteiger partial charge on any atom is 0.391 e. The Morgan fingerprint density at radius 2 is 1.85 bits per heavy atom. The standard InChI is InChI=1S/C13H15F3N2O2/c14-13(15,16)9-4-6-10(7-5-9)17-11-2-1-3-12(8-11)18(19)20/h1-3,8-10,17H,4-7H2. The zero-order valence-electron chi connectivity index (χ0n) is 10.7. The van der Waals surface area contributed by atoms with Crippen LogP contribution in [0.4, 0.5) is 24.5 Å². The molecular weight excluding hydrogens is 273 g/mol. The SMILES string of the molecule is O=[N+]([O-])c1cccc(NC2CCC(C(F)(F)F)CC2)c1. The third-order valence-corrected chi connectivity index (χ3v) is 3.62. The molecule has 0 unspecified atom stereocenters. The summed E-state index contributed by atoms with van der Waals surface area (Å²) in [6, 6.07) is 5.96. The molecule has 0 aliphatic heterocycles. The molecule has 0 atom stereocenters. The zero-order valence-corrected chi connectivity index (χ0v) is 10.7. The van der Waals surface area contributed by atoms with Crippen molar-refractivity contribution in [2.45, 2.75) is 37.9 Å². The van der Waals surface area contributed by atoms with Gasteiger partial charge in [0.25, 0.3) is 5.69 Å². The Morgan fingerprint density at radius 1 is 1.20 bits per heavy atom. The molecule has 1 aromatic carbocycles. The minimum atomic E-state index is -4.11. The van der Waals surface area contributed by atoms with Crippen molar-refractivity contribution in [3.8, 4) is 0 Å². The molecule has 1 fully saturated rings. The van der Waals surface area contributed by atoms with Crippen LogP contribution < -0.4 is 5.32 Å². The van der Waals surface area contributed by atoms with Gasteiger partial charge in [-0.25, -0.2) is 0 Å². The van der Waals surface area contributed by atoms with Crippen LogP contribution in [-0.4, -0.2) is 17.1 Å². The first-order valence-electron chi connectivity index (χ1n) is 6.44. The van der Waals surface area contributed by atoms with Gasteiger partial charge in [-0.1, -0.05) is 6.07 Å². The molecule has 7 heteroatoms. The lowest BCUT2D eigenvalue weighted by Gasteiger charge is -2.30. The number of halogens is 3. The fourth-order valence-electron chi connectivity index (χ4n) is 2.51. The van der Waals surface area contributed by atoms with Crippen LogP contribution in [0.2, 0.25) is 0 Å². The van der Waals surface area contributed by atoms with Gasteiger partial charge >= 0.3 is 6.18 Å². The molecule has 0 bridgehead atoms. The second-order valence-corrected chi connectivity index (χ2v) is 5.04. The fourth-order valence-corrected chi connectivity index (χ4v) is 2.51. The molecule has 110 valence electrons. The number of nitro groups is 1. The van der Waals surface area contributed by atoms with E-state index in [2.05, 4.69) is 5.32 Å². The third kappa shape index (κ3) is 3.61. The van der Waals surface area contributed by atoms with E-state index in [0.717, 1.165) is 0 Å². The van der Waals surface area contributed by atoms with Crippen molar-refractivity contribution in [3.63, 3.8) is 0 Å². The first kappa shape index (κ1) is 14.6. The molecule has 1 saturated carbocycles. The normalized spacial score (nSPS) is 23.4. The number of hydrogen-bond acceptors (Lipinski definition) is 3. The molecule has 1 aliphatic carbocycles. The molecule has 20 heavy (non-hydrogen) atoms. The first-order chi connectivity index (χ1) is 9.36. The van der Waals surface area contributed by atoms with Crippen molar-refractivity contribution in [1.82, 2.24) is 0 Å². The van der Waals surface area contributed by atoms with Crippen LogP contribution in [-0.2, 0) is 0 Å². The number of nitrogens with zero attached hydrogens (tertiary/aromatic N) is 1. The second-order valence-electron chi connectivity index (χ2n) is 5.04. The summed E-state index contributed by atoms with van der Waals surface area (Å²) in [6.07, 6.45) is -3.05. The molecule has 1 aromatic rings. The summed E-state index contributed by atoms with van der Waals surface area (Å²) in [7, 11) is 0. The Morgan fingerprint density at radius 3 is 2.40 bits per heavy atom. The summed E-state index contributed by atoms with van der Waals surface area (Å²) < 4.78 is 37.6. The maximum atomic E-state index is 12.5. The van der Waals surface area contributed by atoms with E-state index < -0.39 is 17.0 Å². The molecule has 0 spiro atoms.